The van der Waals surface area contributed by atoms with Gasteiger partial charge in [0.1, 0.15) is 5.75 Å². The van der Waals surface area contributed by atoms with Crippen LogP contribution in [0.2, 0.25) is 0 Å². The molecular weight excluding hydrogens is 433 g/mol. The highest BCUT2D eigenvalue weighted by Gasteiger charge is 2.02. The average Bonchev–Trinajstić information content (AvgIpc) is 2.97. The lowest BCUT2D eigenvalue weighted by Crippen LogP contribution is -2.36. The Morgan fingerprint density at radius 2 is 1.96 bits per heavy atom. The lowest BCUT2D eigenvalue weighted by atomic mass is 10.1. The van der Waals surface area contributed by atoms with Crippen LogP contribution >= 0.6 is 35.3 Å². The minimum Gasteiger partial charge on any atom is -0.496 e. The number of thiophene rings is 1. The Balaban J connectivity index is 0.00000288. The van der Waals surface area contributed by atoms with E-state index >= 15 is 0 Å². The zero-order valence-electron chi connectivity index (χ0n) is 14.7. The van der Waals surface area contributed by atoms with E-state index in [1.807, 2.05) is 24.3 Å². The number of nitrogens with zero attached hydrogens (tertiary/aromatic N) is 1. The van der Waals surface area contributed by atoms with Crippen LogP contribution < -0.4 is 15.4 Å². The lowest BCUT2D eigenvalue weighted by Gasteiger charge is -2.11. The van der Waals surface area contributed by atoms with Crippen LogP contribution in [0.4, 0.5) is 0 Å². The number of methoxy groups -OCH3 is 1. The predicted octanol–water partition coefficient (Wildman–Crippen LogP) is 4.25. The molecule has 0 saturated carbocycles. The van der Waals surface area contributed by atoms with E-state index in [2.05, 4.69) is 53.7 Å². The summed E-state index contributed by atoms with van der Waals surface area (Å²) in [6.45, 7) is 8.49. The smallest absolute Gasteiger partial charge is 0.191 e. The Kier molecular flexibility index (Phi) is 9.13. The fraction of sp³-hybridized carbons (Fsp3) is 0.389. The van der Waals surface area contributed by atoms with Crippen molar-refractivity contribution in [2.75, 3.05) is 13.7 Å². The summed E-state index contributed by atoms with van der Waals surface area (Å²) in [4.78, 5) is 7.29. The molecule has 0 unspecified atom stereocenters. The molecule has 0 amide bonds. The van der Waals surface area contributed by atoms with Gasteiger partial charge in [-0.15, -0.1) is 35.3 Å². The molecule has 0 fully saturated rings. The van der Waals surface area contributed by atoms with Crippen molar-refractivity contribution in [3.63, 3.8) is 0 Å². The van der Waals surface area contributed by atoms with Gasteiger partial charge < -0.3 is 15.4 Å². The Morgan fingerprint density at radius 3 is 2.58 bits per heavy atom. The summed E-state index contributed by atoms with van der Waals surface area (Å²) < 4.78 is 5.37. The van der Waals surface area contributed by atoms with Gasteiger partial charge in [-0.05, 0) is 50.1 Å². The van der Waals surface area contributed by atoms with E-state index in [1.165, 1.54) is 9.75 Å². The first-order chi connectivity index (χ1) is 11.1. The molecule has 0 radical (unpaired) electrons. The minimum absolute atomic E-state index is 0. The third kappa shape index (κ3) is 6.32. The molecule has 1 aromatic carbocycles. The number of aliphatic imine (C=N–C) groups is 1. The van der Waals surface area contributed by atoms with Crippen LogP contribution in [-0.2, 0) is 13.1 Å². The number of aryl methyl sites for hydroxylation is 2. The zero-order chi connectivity index (χ0) is 16.7. The summed E-state index contributed by atoms with van der Waals surface area (Å²) >= 11 is 1.81. The highest BCUT2D eigenvalue weighted by atomic mass is 127. The second kappa shape index (κ2) is 10.6. The molecule has 2 aromatic rings. The maximum absolute atomic E-state index is 5.37. The lowest BCUT2D eigenvalue weighted by molar-refractivity contribution is 0.411. The van der Waals surface area contributed by atoms with Gasteiger partial charge >= 0.3 is 0 Å². The first-order valence-electron chi connectivity index (χ1n) is 7.83. The van der Waals surface area contributed by atoms with Crippen molar-refractivity contribution >= 4 is 41.3 Å². The normalized spacial score (nSPS) is 10.9. The van der Waals surface area contributed by atoms with Gasteiger partial charge in [0, 0.05) is 16.3 Å². The summed E-state index contributed by atoms with van der Waals surface area (Å²) in [6.07, 6.45) is 0. The van der Waals surface area contributed by atoms with Gasteiger partial charge in [0.25, 0.3) is 0 Å². The molecule has 1 heterocycles. The monoisotopic (exact) mass is 459 g/mol. The highest BCUT2D eigenvalue weighted by molar-refractivity contribution is 14.0. The Bertz CT molecular complexity index is 670. The standard InChI is InChI=1S/C18H25N3OS.HI/c1-5-19-18(21-12-16-9-7-14(3)23-16)20-11-15-8-6-13(2)17(10-15)22-4;/h6-10H,5,11-12H2,1-4H3,(H2,19,20,21);1H. The molecule has 0 aliphatic rings. The van der Waals surface area contributed by atoms with Crippen LogP contribution in [0.5, 0.6) is 5.75 Å². The number of halogens is 1. The molecule has 4 nitrogen and oxygen atoms in total. The third-order valence-corrected chi connectivity index (χ3v) is 4.46. The number of guanidine groups is 1. The fourth-order valence-electron chi connectivity index (χ4n) is 2.23. The second-order valence-corrected chi connectivity index (χ2v) is 6.74. The largest absolute Gasteiger partial charge is 0.496 e. The molecule has 0 bridgehead atoms. The molecule has 0 spiro atoms. The zero-order valence-corrected chi connectivity index (χ0v) is 17.8. The maximum Gasteiger partial charge on any atom is 0.191 e. The van der Waals surface area contributed by atoms with Crippen molar-refractivity contribution in [3.8, 4) is 5.75 Å². The van der Waals surface area contributed by atoms with Crippen LogP contribution in [0.25, 0.3) is 0 Å². The molecule has 6 heteroatoms. The SMILES string of the molecule is CCNC(=NCc1ccc(C)c(OC)c1)NCc1ccc(C)s1.I. The summed E-state index contributed by atoms with van der Waals surface area (Å²) in [6, 6.07) is 10.5. The Hall–Kier alpha value is -1.28. The van der Waals surface area contributed by atoms with Crippen molar-refractivity contribution in [2.24, 2.45) is 4.99 Å². The van der Waals surface area contributed by atoms with Gasteiger partial charge in [0.05, 0.1) is 20.2 Å². The van der Waals surface area contributed by atoms with Gasteiger partial charge in [-0.2, -0.15) is 0 Å². The predicted molar refractivity (Wildman–Crippen MR) is 114 cm³/mol. The van der Waals surface area contributed by atoms with Gasteiger partial charge in [-0.1, -0.05) is 12.1 Å². The highest BCUT2D eigenvalue weighted by Crippen LogP contribution is 2.19. The van der Waals surface area contributed by atoms with E-state index in [-0.39, 0.29) is 24.0 Å². The molecule has 2 N–H and O–H groups in total. The van der Waals surface area contributed by atoms with E-state index in [0.29, 0.717) is 6.54 Å². The third-order valence-electron chi connectivity index (χ3n) is 3.46. The van der Waals surface area contributed by atoms with Gasteiger partial charge in [-0.3, -0.25) is 0 Å². The van der Waals surface area contributed by atoms with Crippen LogP contribution in [0.15, 0.2) is 35.3 Å². The molecule has 0 aliphatic carbocycles. The molecular formula is C18H26IN3OS. The summed E-state index contributed by atoms with van der Waals surface area (Å²) in [7, 11) is 1.70. The van der Waals surface area contributed by atoms with E-state index < -0.39 is 0 Å². The van der Waals surface area contributed by atoms with Gasteiger partial charge in [-0.25, -0.2) is 4.99 Å². The van der Waals surface area contributed by atoms with E-state index in [9.17, 15) is 0 Å². The number of nitrogens with one attached hydrogen (secondary N) is 2. The molecule has 24 heavy (non-hydrogen) atoms. The molecule has 0 atom stereocenters. The van der Waals surface area contributed by atoms with Crippen molar-refractivity contribution in [3.05, 3.63) is 51.2 Å². The summed E-state index contributed by atoms with van der Waals surface area (Å²) in [5.41, 5.74) is 2.27. The minimum atomic E-state index is 0. The van der Waals surface area contributed by atoms with Crippen molar-refractivity contribution in [1.82, 2.24) is 10.6 Å². The number of ether oxygens (including phenoxy) is 1. The first kappa shape index (κ1) is 20.8. The molecule has 132 valence electrons. The number of benzene rings is 1. The average molecular weight is 459 g/mol. The maximum atomic E-state index is 5.37. The van der Waals surface area contributed by atoms with E-state index in [0.717, 1.165) is 35.9 Å². The van der Waals surface area contributed by atoms with Crippen LogP contribution in [0, 0.1) is 13.8 Å². The summed E-state index contributed by atoms with van der Waals surface area (Å²) in [5.74, 6) is 1.74. The van der Waals surface area contributed by atoms with Gasteiger partial charge in [0.2, 0.25) is 0 Å². The summed E-state index contributed by atoms with van der Waals surface area (Å²) in [5, 5.41) is 6.66. The van der Waals surface area contributed by atoms with Crippen LogP contribution in [-0.4, -0.2) is 19.6 Å². The van der Waals surface area contributed by atoms with Crippen molar-refractivity contribution in [1.29, 1.82) is 0 Å². The Morgan fingerprint density at radius 1 is 1.17 bits per heavy atom. The molecule has 1 aromatic heterocycles. The molecule has 0 saturated heterocycles. The fourth-order valence-corrected chi connectivity index (χ4v) is 3.06. The number of hydrogen-bond acceptors (Lipinski definition) is 3. The Labute approximate surface area is 165 Å². The quantitative estimate of drug-likeness (QED) is 0.386. The molecule has 0 aliphatic heterocycles. The number of hydrogen-bond donors (Lipinski definition) is 2. The second-order valence-electron chi connectivity index (χ2n) is 5.37. The van der Waals surface area contributed by atoms with Crippen molar-refractivity contribution < 1.29 is 4.74 Å². The first-order valence-corrected chi connectivity index (χ1v) is 8.65. The molecule has 2 rings (SSSR count). The van der Waals surface area contributed by atoms with E-state index in [1.54, 1.807) is 7.11 Å². The van der Waals surface area contributed by atoms with Crippen molar-refractivity contribution in [2.45, 2.75) is 33.9 Å². The van der Waals surface area contributed by atoms with Gasteiger partial charge in [0.15, 0.2) is 5.96 Å². The van der Waals surface area contributed by atoms with E-state index in [4.69, 9.17) is 4.74 Å². The topological polar surface area (TPSA) is 45.7 Å². The number of rotatable bonds is 6. The van der Waals surface area contributed by atoms with Crippen LogP contribution in [0.1, 0.15) is 27.8 Å². The van der Waals surface area contributed by atoms with Crippen LogP contribution in [0.3, 0.4) is 0 Å².